The molecular formula is C28H26F3N5O4S. The minimum Gasteiger partial charge on any atom is -0.480 e. The van der Waals surface area contributed by atoms with E-state index in [9.17, 15) is 26.4 Å². The van der Waals surface area contributed by atoms with Gasteiger partial charge in [-0.1, -0.05) is 45.0 Å². The molecule has 3 heterocycles. The lowest BCUT2D eigenvalue weighted by Crippen LogP contribution is -2.30. The predicted octanol–water partition coefficient (Wildman–Crippen LogP) is 5.80. The van der Waals surface area contributed by atoms with Crippen LogP contribution in [0.5, 0.6) is 0 Å². The summed E-state index contributed by atoms with van der Waals surface area (Å²) in [7, 11) is -4.21. The van der Waals surface area contributed by atoms with Crippen LogP contribution in [-0.2, 0) is 39.5 Å². The lowest BCUT2D eigenvalue weighted by molar-refractivity contribution is -0.141. The number of aromatic nitrogens is 3. The highest BCUT2D eigenvalue weighted by molar-refractivity contribution is 7.92. The van der Waals surface area contributed by atoms with Gasteiger partial charge in [-0.3, -0.25) is 13.8 Å². The summed E-state index contributed by atoms with van der Waals surface area (Å²) in [5.41, 5.74) is 1.12. The van der Waals surface area contributed by atoms with Crippen molar-refractivity contribution in [2.75, 3.05) is 9.62 Å². The van der Waals surface area contributed by atoms with Gasteiger partial charge in [0.1, 0.15) is 18.1 Å². The van der Waals surface area contributed by atoms with Crippen molar-refractivity contribution in [3.63, 3.8) is 0 Å². The number of nitrogens with one attached hydrogen (secondary N) is 1. The van der Waals surface area contributed by atoms with Crippen molar-refractivity contribution in [2.24, 2.45) is 0 Å². The number of halogens is 3. The minimum absolute atomic E-state index is 0.0101. The molecule has 0 aliphatic carbocycles. The predicted molar refractivity (Wildman–Crippen MR) is 146 cm³/mol. The topological polar surface area (TPSA) is 117 Å². The third kappa shape index (κ3) is 5.62. The van der Waals surface area contributed by atoms with Crippen molar-refractivity contribution in [3.8, 4) is 11.3 Å². The summed E-state index contributed by atoms with van der Waals surface area (Å²) in [5, 5.41) is 16.2. The molecule has 1 aliphatic rings. The first kappa shape index (κ1) is 28.1. The van der Waals surface area contributed by atoms with Crippen LogP contribution in [-0.4, -0.2) is 34.3 Å². The number of carbonyl (C=O) groups is 1. The Balaban J connectivity index is 1.64. The summed E-state index contributed by atoms with van der Waals surface area (Å²) in [5.74, 6) is -1.19. The molecule has 0 bridgehead atoms. The maximum Gasteiger partial charge on any atom is 0.433 e. The molecule has 4 aromatic rings. The zero-order chi connectivity index (χ0) is 29.7. The van der Waals surface area contributed by atoms with E-state index in [2.05, 4.69) is 15.4 Å². The van der Waals surface area contributed by atoms with Crippen LogP contribution < -0.4 is 9.62 Å². The molecule has 0 fully saturated rings. The summed E-state index contributed by atoms with van der Waals surface area (Å²) in [6.07, 6.45) is -3.21. The lowest BCUT2D eigenvalue weighted by Gasteiger charge is -2.25. The maximum atomic E-state index is 14.1. The highest BCUT2D eigenvalue weighted by Crippen LogP contribution is 2.41. The summed E-state index contributed by atoms with van der Waals surface area (Å²) >= 11 is 0. The average molecular weight is 586 g/mol. The number of fused-ring (bicyclic) bond motifs is 2. The number of anilines is 3. The second-order valence-electron chi connectivity index (χ2n) is 10.6. The summed E-state index contributed by atoms with van der Waals surface area (Å²) < 4.78 is 70.8. The molecule has 0 saturated heterocycles. The normalized spacial score (nSPS) is 13.7. The average Bonchev–Trinajstić information content (AvgIpc) is 3.27. The Hall–Kier alpha value is -4.39. The number of aliphatic carboxylic acids is 1. The number of hydrogen-bond donors (Lipinski definition) is 2. The number of rotatable bonds is 5. The van der Waals surface area contributed by atoms with Gasteiger partial charge in [-0.25, -0.2) is 13.4 Å². The van der Waals surface area contributed by atoms with Crippen molar-refractivity contribution in [2.45, 2.75) is 50.3 Å². The monoisotopic (exact) mass is 585 g/mol. The lowest BCUT2D eigenvalue weighted by atomic mass is 9.87. The summed E-state index contributed by atoms with van der Waals surface area (Å²) in [6.45, 7) is 5.36. The van der Waals surface area contributed by atoms with E-state index in [0.29, 0.717) is 11.3 Å². The van der Waals surface area contributed by atoms with E-state index < -0.39 is 27.9 Å². The fourth-order valence-electron chi connectivity index (χ4n) is 4.46. The van der Waals surface area contributed by atoms with E-state index in [-0.39, 0.29) is 46.2 Å². The molecule has 2 aromatic carbocycles. The number of hydrogen-bond acceptors (Lipinski definition) is 6. The van der Waals surface area contributed by atoms with Crippen molar-refractivity contribution >= 4 is 33.2 Å². The Bertz CT molecular complexity index is 1740. The zero-order valence-corrected chi connectivity index (χ0v) is 23.1. The molecule has 0 spiro atoms. The van der Waals surface area contributed by atoms with E-state index in [1.165, 1.54) is 35.1 Å². The van der Waals surface area contributed by atoms with Crippen LogP contribution in [0.1, 0.15) is 37.6 Å². The first-order valence-corrected chi connectivity index (χ1v) is 13.9. The van der Waals surface area contributed by atoms with Gasteiger partial charge >= 0.3 is 12.1 Å². The van der Waals surface area contributed by atoms with Crippen LogP contribution in [0, 0.1) is 0 Å². The smallest absolute Gasteiger partial charge is 0.433 e. The van der Waals surface area contributed by atoms with Crippen LogP contribution in [0.3, 0.4) is 0 Å². The van der Waals surface area contributed by atoms with E-state index in [1.54, 1.807) is 30.3 Å². The van der Waals surface area contributed by atoms with Gasteiger partial charge in [0.15, 0.2) is 0 Å². The Morgan fingerprint density at radius 1 is 1.02 bits per heavy atom. The molecular weight excluding hydrogens is 559 g/mol. The van der Waals surface area contributed by atoms with Gasteiger partial charge in [0.25, 0.3) is 10.0 Å². The van der Waals surface area contributed by atoms with E-state index >= 15 is 0 Å². The summed E-state index contributed by atoms with van der Waals surface area (Å²) in [4.78, 5) is 14.8. The van der Waals surface area contributed by atoms with Crippen molar-refractivity contribution in [1.82, 2.24) is 14.8 Å². The maximum absolute atomic E-state index is 14.1. The van der Waals surface area contributed by atoms with Crippen LogP contribution >= 0.6 is 0 Å². The highest BCUT2D eigenvalue weighted by Gasteiger charge is 2.36. The molecule has 0 unspecified atom stereocenters. The number of alkyl halides is 3. The second kappa shape index (κ2) is 9.91. The Morgan fingerprint density at radius 2 is 1.73 bits per heavy atom. The Morgan fingerprint density at radius 3 is 2.37 bits per heavy atom. The van der Waals surface area contributed by atoms with Gasteiger partial charge in [-0.2, -0.15) is 18.3 Å². The molecule has 5 rings (SSSR count). The van der Waals surface area contributed by atoms with E-state index in [4.69, 9.17) is 5.11 Å². The number of pyridine rings is 1. The summed E-state index contributed by atoms with van der Waals surface area (Å²) in [6, 6.07) is 14.8. The molecule has 9 nitrogen and oxygen atoms in total. The fourth-order valence-corrected chi connectivity index (χ4v) is 5.92. The molecule has 0 amide bonds. The van der Waals surface area contributed by atoms with Gasteiger partial charge in [-0.05, 0) is 47.4 Å². The van der Waals surface area contributed by atoms with Crippen LogP contribution in [0.25, 0.3) is 11.3 Å². The van der Waals surface area contributed by atoms with Gasteiger partial charge < -0.3 is 10.4 Å². The third-order valence-corrected chi connectivity index (χ3v) is 8.42. The van der Waals surface area contributed by atoms with Crippen LogP contribution in [0.2, 0.25) is 0 Å². The van der Waals surface area contributed by atoms with Crippen LogP contribution in [0.4, 0.5) is 30.4 Å². The molecule has 0 saturated carbocycles. The van der Waals surface area contributed by atoms with Crippen LogP contribution in [0.15, 0.2) is 71.8 Å². The second-order valence-corrected chi connectivity index (χ2v) is 12.5. The van der Waals surface area contributed by atoms with E-state index in [1.807, 2.05) is 20.8 Å². The van der Waals surface area contributed by atoms with Gasteiger partial charge in [0.2, 0.25) is 0 Å². The first-order chi connectivity index (χ1) is 19.1. The molecule has 0 atom stereocenters. The largest absolute Gasteiger partial charge is 0.480 e. The van der Waals surface area contributed by atoms with Gasteiger partial charge in [0, 0.05) is 17.3 Å². The SMILES string of the molecule is CC(C)(C)c1ccc(S(=O)(=O)N2Cc3ccc(C(F)(F)F)nc3Nc3ccc(-c4ccn(CC(=O)O)n4)cc32)cc1. The molecule has 2 N–H and O–H groups in total. The van der Waals surface area contributed by atoms with Crippen molar-refractivity contribution in [3.05, 3.63) is 83.7 Å². The quantitative estimate of drug-likeness (QED) is 0.304. The third-order valence-electron chi connectivity index (χ3n) is 6.64. The molecule has 1 aliphatic heterocycles. The highest BCUT2D eigenvalue weighted by atomic mass is 32.2. The standard InChI is InChI=1S/C28H26F3N5O4S/c1-27(2,3)19-6-8-20(9-7-19)41(39,40)36-15-18-5-11-24(28(29,30)31)33-26(18)32-22-10-4-17(14-23(22)36)21-12-13-35(34-21)16-25(37)38/h4-14H,15-16H2,1-3H3,(H,32,33)(H,37,38). The van der Waals surface area contributed by atoms with Crippen molar-refractivity contribution in [1.29, 1.82) is 0 Å². The number of sulfonamides is 1. The molecule has 41 heavy (non-hydrogen) atoms. The molecule has 13 heteroatoms. The Kier molecular flexibility index (Phi) is 6.80. The molecule has 2 aromatic heterocycles. The van der Waals surface area contributed by atoms with Gasteiger partial charge in [-0.15, -0.1) is 0 Å². The fraction of sp³-hybridized carbons (Fsp3) is 0.250. The van der Waals surface area contributed by atoms with E-state index in [0.717, 1.165) is 15.9 Å². The number of nitrogens with zero attached hydrogens (tertiary/aromatic N) is 4. The first-order valence-electron chi connectivity index (χ1n) is 12.5. The number of benzene rings is 2. The molecule has 0 radical (unpaired) electrons. The minimum atomic E-state index is -4.69. The number of carboxylic acids is 1. The van der Waals surface area contributed by atoms with Gasteiger partial charge in [0.05, 0.1) is 28.5 Å². The van der Waals surface area contributed by atoms with Crippen molar-refractivity contribution < 1.29 is 31.5 Å². The Labute approximate surface area is 234 Å². The zero-order valence-electron chi connectivity index (χ0n) is 22.3. The number of carboxylic acid groups (broad SMARTS) is 1. The molecule has 214 valence electrons.